The molecule has 16 heavy (non-hydrogen) atoms. The van der Waals surface area contributed by atoms with E-state index >= 15 is 0 Å². The van der Waals surface area contributed by atoms with Crippen LogP contribution in [0.4, 0.5) is 0 Å². The van der Waals surface area contributed by atoms with Crippen LogP contribution >= 0.6 is 15.9 Å². The van der Waals surface area contributed by atoms with Crippen LogP contribution in [0.3, 0.4) is 0 Å². The first kappa shape index (κ1) is 11.5. The monoisotopic (exact) mass is 283 g/mol. The van der Waals surface area contributed by atoms with Crippen LogP contribution in [-0.4, -0.2) is 0 Å². The van der Waals surface area contributed by atoms with Crippen molar-refractivity contribution in [3.05, 3.63) is 46.7 Å². The quantitative estimate of drug-likeness (QED) is 0.920. The summed E-state index contributed by atoms with van der Waals surface area (Å²) in [5.41, 5.74) is 0. The first-order chi connectivity index (χ1) is 7.66. The van der Waals surface area contributed by atoms with Gasteiger partial charge in [0, 0.05) is 0 Å². The third-order valence-electron chi connectivity index (χ3n) is 2.49. The summed E-state index contributed by atoms with van der Waals surface area (Å²) in [5.74, 6) is 1.84. The number of nitrogens with one attached hydrogen (secondary N) is 1. The van der Waals surface area contributed by atoms with E-state index in [1.807, 2.05) is 24.3 Å². The minimum Gasteiger partial charge on any atom is -0.468 e. The van der Waals surface area contributed by atoms with Crippen LogP contribution in [0.2, 0.25) is 0 Å². The maximum absolute atomic E-state index is 5.49. The number of furan rings is 2. The lowest BCUT2D eigenvalue weighted by Gasteiger charge is -2.16. The molecule has 3 nitrogen and oxygen atoms in total. The number of hydrogen-bond acceptors (Lipinski definition) is 3. The first-order valence-electron chi connectivity index (χ1n) is 5.21. The van der Waals surface area contributed by atoms with Gasteiger partial charge in [-0.2, -0.15) is 0 Å². The van der Waals surface area contributed by atoms with Crippen molar-refractivity contribution in [3.63, 3.8) is 0 Å². The highest BCUT2D eigenvalue weighted by Crippen LogP contribution is 2.23. The van der Waals surface area contributed by atoms with Gasteiger partial charge in [0.1, 0.15) is 11.5 Å². The zero-order chi connectivity index (χ0) is 11.5. The Morgan fingerprint density at radius 2 is 1.88 bits per heavy atom. The summed E-state index contributed by atoms with van der Waals surface area (Å²) in [6.45, 7) is 4.12. The molecular weight excluding hydrogens is 270 g/mol. The summed E-state index contributed by atoms with van der Waals surface area (Å²) in [6, 6.07) is 8.01. The molecule has 0 aromatic carbocycles. The Balaban J connectivity index is 2.00. The molecule has 0 amide bonds. The largest absolute Gasteiger partial charge is 0.468 e. The average molecular weight is 284 g/mol. The van der Waals surface area contributed by atoms with Gasteiger partial charge in [-0.25, -0.2) is 0 Å². The second kappa shape index (κ2) is 4.89. The molecule has 2 aromatic heterocycles. The standard InChI is InChI=1S/C12H14BrNO2/c1-8(10-4-3-7-15-10)14-9(2)11-5-6-12(13)16-11/h3-9,14H,1-2H3. The van der Waals surface area contributed by atoms with E-state index in [9.17, 15) is 0 Å². The van der Waals surface area contributed by atoms with Gasteiger partial charge in [-0.15, -0.1) is 0 Å². The zero-order valence-corrected chi connectivity index (χ0v) is 10.8. The van der Waals surface area contributed by atoms with Gasteiger partial charge < -0.3 is 8.83 Å². The van der Waals surface area contributed by atoms with E-state index in [0.29, 0.717) is 0 Å². The highest BCUT2D eigenvalue weighted by molar-refractivity contribution is 9.10. The van der Waals surface area contributed by atoms with Crippen molar-refractivity contribution in [2.24, 2.45) is 0 Å². The maximum Gasteiger partial charge on any atom is 0.169 e. The molecule has 0 fully saturated rings. The fourth-order valence-electron chi connectivity index (χ4n) is 1.64. The lowest BCUT2D eigenvalue weighted by atomic mass is 10.2. The first-order valence-corrected chi connectivity index (χ1v) is 6.01. The Labute approximate surface area is 103 Å². The Morgan fingerprint density at radius 1 is 1.12 bits per heavy atom. The second-order valence-corrected chi connectivity index (χ2v) is 4.55. The lowest BCUT2D eigenvalue weighted by molar-refractivity contribution is 0.361. The maximum atomic E-state index is 5.49. The second-order valence-electron chi connectivity index (χ2n) is 3.77. The van der Waals surface area contributed by atoms with Crippen molar-refractivity contribution in [1.29, 1.82) is 0 Å². The third kappa shape index (κ3) is 2.57. The van der Waals surface area contributed by atoms with E-state index in [-0.39, 0.29) is 12.1 Å². The van der Waals surface area contributed by atoms with Crippen LogP contribution < -0.4 is 5.32 Å². The summed E-state index contributed by atoms with van der Waals surface area (Å²) in [5, 5.41) is 3.40. The number of hydrogen-bond donors (Lipinski definition) is 1. The molecule has 2 heterocycles. The Kier molecular flexibility index (Phi) is 3.51. The Hall–Kier alpha value is -1.00. The van der Waals surface area contributed by atoms with Crippen molar-refractivity contribution < 1.29 is 8.83 Å². The molecule has 1 N–H and O–H groups in total. The van der Waals surface area contributed by atoms with E-state index in [0.717, 1.165) is 16.2 Å². The molecule has 0 aliphatic heterocycles. The number of rotatable bonds is 4. The highest BCUT2D eigenvalue weighted by Gasteiger charge is 2.15. The van der Waals surface area contributed by atoms with E-state index in [1.54, 1.807) is 6.26 Å². The summed E-state index contributed by atoms with van der Waals surface area (Å²) >= 11 is 3.29. The van der Waals surface area contributed by atoms with Crippen molar-refractivity contribution in [2.75, 3.05) is 0 Å². The van der Waals surface area contributed by atoms with Gasteiger partial charge in [-0.1, -0.05) is 0 Å². The van der Waals surface area contributed by atoms with Gasteiger partial charge in [0.2, 0.25) is 0 Å². The molecule has 86 valence electrons. The van der Waals surface area contributed by atoms with Gasteiger partial charge in [-0.05, 0) is 54.0 Å². The summed E-state index contributed by atoms with van der Waals surface area (Å²) in [7, 11) is 0. The van der Waals surface area contributed by atoms with Gasteiger partial charge in [0.15, 0.2) is 4.67 Å². The Morgan fingerprint density at radius 3 is 2.44 bits per heavy atom. The van der Waals surface area contributed by atoms with Crippen molar-refractivity contribution in [3.8, 4) is 0 Å². The molecule has 0 bridgehead atoms. The van der Waals surface area contributed by atoms with E-state index < -0.39 is 0 Å². The molecule has 0 saturated heterocycles. The van der Waals surface area contributed by atoms with Crippen molar-refractivity contribution >= 4 is 15.9 Å². The minimum absolute atomic E-state index is 0.145. The zero-order valence-electron chi connectivity index (χ0n) is 9.24. The van der Waals surface area contributed by atoms with Gasteiger partial charge in [0.25, 0.3) is 0 Å². The fraction of sp³-hybridized carbons (Fsp3) is 0.333. The van der Waals surface area contributed by atoms with Crippen LogP contribution in [0.15, 0.2) is 44.0 Å². The summed E-state index contributed by atoms with van der Waals surface area (Å²) in [6.07, 6.45) is 1.68. The van der Waals surface area contributed by atoms with Crippen LogP contribution in [0.25, 0.3) is 0 Å². The number of halogens is 1. The van der Waals surface area contributed by atoms with Crippen LogP contribution in [0.1, 0.15) is 37.5 Å². The van der Waals surface area contributed by atoms with Crippen LogP contribution in [0.5, 0.6) is 0 Å². The molecule has 0 saturated carbocycles. The smallest absolute Gasteiger partial charge is 0.169 e. The Bertz CT molecular complexity index is 436. The highest BCUT2D eigenvalue weighted by atomic mass is 79.9. The summed E-state index contributed by atoms with van der Waals surface area (Å²) in [4.78, 5) is 0. The topological polar surface area (TPSA) is 38.3 Å². The molecule has 2 atom stereocenters. The summed E-state index contributed by atoms with van der Waals surface area (Å²) < 4.78 is 11.6. The van der Waals surface area contributed by atoms with Crippen LogP contribution in [-0.2, 0) is 0 Å². The van der Waals surface area contributed by atoms with Gasteiger partial charge in [-0.3, -0.25) is 5.32 Å². The molecule has 0 aliphatic carbocycles. The normalized spacial score (nSPS) is 14.9. The molecular formula is C12H14BrNO2. The lowest BCUT2D eigenvalue weighted by Crippen LogP contribution is -2.21. The predicted octanol–water partition coefficient (Wildman–Crippen LogP) is 4.05. The SMILES string of the molecule is CC(NC(C)c1ccc(Br)o1)c1ccco1. The van der Waals surface area contributed by atoms with E-state index in [4.69, 9.17) is 8.83 Å². The van der Waals surface area contributed by atoms with Crippen molar-refractivity contribution in [2.45, 2.75) is 25.9 Å². The molecule has 2 aromatic rings. The molecule has 2 rings (SSSR count). The molecule has 2 unspecified atom stereocenters. The molecule has 0 aliphatic rings. The molecule has 0 spiro atoms. The molecule has 0 radical (unpaired) electrons. The minimum atomic E-state index is 0.145. The van der Waals surface area contributed by atoms with E-state index in [1.165, 1.54) is 0 Å². The van der Waals surface area contributed by atoms with Crippen molar-refractivity contribution in [1.82, 2.24) is 5.32 Å². The third-order valence-corrected chi connectivity index (χ3v) is 2.92. The van der Waals surface area contributed by atoms with Crippen LogP contribution in [0, 0.1) is 0 Å². The average Bonchev–Trinajstić information content (AvgIpc) is 2.87. The van der Waals surface area contributed by atoms with Gasteiger partial charge in [0.05, 0.1) is 18.3 Å². The predicted molar refractivity (Wildman–Crippen MR) is 65.1 cm³/mol. The van der Waals surface area contributed by atoms with Gasteiger partial charge >= 0.3 is 0 Å². The molecule has 4 heteroatoms. The van der Waals surface area contributed by atoms with E-state index in [2.05, 4.69) is 35.1 Å². The fourth-order valence-corrected chi connectivity index (χ4v) is 1.96.